The Morgan fingerprint density at radius 3 is 2.42 bits per heavy atom. The average Bonchev–Trinajstić information content (AvgIpc) is 2.32. The highest BCUT2D eigenvalue weighted by Gasteiger charge is 2.23. The Morgan fingerprint density at radius 1 is 1.32 bits per heavy atom. The molecule has 1 atom stereocenters. The van der Waals surface area contributed by atoms with Crippen LogP contribution in [0.1, 0.15) is 32.4 Å². The Labute approximate surface area is 124 Å². The molecule has 0 aromatic heterocycles. The summed E-state index contributed by atoms with van der Waals surface area (Å²) in [4.78, 5) is 2.11. The van der Waals surface area contributed by atoms with Crippen LogP contribution in [0.2, 0.25) is 10.0 Å². The van der Waals surface area contributed by atoms with Gasteiger partial charge in [0.15, 0.2) is 0 Å². The van der Waals surface area contributed by atoms with Gasteiger partial charge in [0.2, 0.25) is 0 Å². The van der Waals surface area contributed by atoms with E-state index in [9.17, 15) is 4.39 Å². The van der Waals surface area contributed by atoms with Crippen LogP contribution >= 0.6 is 23.2 Å². The molecule has 2 N–H and O–H groups in total. The lowest BCUT2D eigenvalue weighted by Crippen LogP contribution is -2.38. The second-order valence-electron chi connectivity index (χ2n) is 5.75. The number of hydrogen-bond acceptors (Lipinski definition) is 2. The smallest absolute Gasteiger partial charge is 0.142 e. The highest BCUT2D eigenvalue weighted by Crippen LogP contribution is 2.32. The zero-order valence-corrected chi connectivity index (χ0v) is 13.3. The molecule has 0 amide bonds. The van der Waals surface area contributed by atoms with Gasteiger partial charge in [0.25, 0.3) is 0 Å². The molecule has 0 aliphatic rings. The van der Waals surface area contributed by atoms with Crippen LogP contribution in [0, 0.1) is 11.2 Å². The van der Waals surface area contributed by atoms with E-state index in [0.717, 1.165) is 12.1 Å². The van der Waals surface area contributed by atoms with Crippen LogP contribution in [0.3, 0.4) is 0 Å². The summed E-state index contributed by atoms with van der Waals surface area (Å²) in [6.45, 7) is 7.57. The number of nitrogens with zero attached hydrogens (tertiary/aromatic N) is 1. The molecule has 0 bridgehead atoms. The summed E-state index contributed by atoms with van der Waals surface area (Å²) in [6.07, 6.45) is 0. The van der Waals surface area contributed by atoms with Gasteiger partial charge in [0.1, 0.15) is 5.82 Å². The van der Waals surface area contributed by atoms with E-state index in [1.807, 2.05) is 14.0 Å². The van der Waals surface area contributed by atoms with Crippen molar-refractivity contribution in [1.29, 1.82) is 0 Å². The Kier molecular flexibility index (Phi) is 5.63. The molecule has 2 nitrogen and oxygen atoms in total. The molecule has 0 fully saturated rings. The van der Waals surface area contributed by atoms with Gasteiger partial charge in [-0.05, 0) is 43.6 Å². The summed E-state index contributed by atoms with van der Waals surface area (Å²) in [6, 6.07) is 2.85. The fourth-order valence-electron chi connectivity index (χ4n) is 1.97. The van der Waals surface area contributed by atoms with Crippen molar-refractivity contribution < 1.29 is 4.39 Å². The molecule has 0 aliphatic carbocycles. The van der Waals surface area contributed by atoms with E-state index in [2.05, 4.69) is 18.7 Å². The quantitative estimate of drug-likeness (QED) is 0.830. The largest absolute Gasteiger partial charge is 0.330 e. The molecule has 0 spiro atoms. The maximum absolute atomic E-state index is 13.6. The second kappa shape index (κ2) is 6.40. The summed E-state index contributed by atoms with van der Waals surface area (Å²) < 4.78 is 13.6. The molecule has 19 heavy (non-hydrogen) atoms. The topological polar surface area (TPSA) is 29.3 Å². The van der Waals surface area contributed by atoms with E-state index in [4.69, 9.17) is 28.9 Å². The number of halogens is 3. The fraction of sp³-hybridized carbons (Fsp3) is 0.571. The van der Waals surface area contributed by atoms with Gasteiger partial charge in [-0.25, -0.2) is 4.39 Å². The van der Waals surface area contributed by atoms with Gasteiger partial charge in [-0.2, -0.15) is 0 Å². The molecule has 0 aliphatic heterocycles. The van der Waals surface area contributed by atoms with Crippen LogP contribution in [0.5, 0.6) is 0 Å². The molecule has 1 unspecified atom stereocenters. The number of benzene rings is 1. The number of rotatable bonds is 5. The Morgan fingerprint density at radius 2 is 1.89 bits per heavy atom. The third-order valence-electron chi connectivity index (χ3n) is 3.38. The highest BCUT2D eigenvalue weighted by molar-refractivity contribution is 6.35. The average molecular weight is 307 g/mol. The van der Waals surface area contributed by atoms with Gasteiger partial charge < -0.3 is 5.73 Å². The van der Waals surface area contributed by atoms with E-state index in [-0.39, 0.29) is 16.5 Å². The fourth-order valence-corrected chi connectivity index (χ4v) is 2.51. The van der Waals surface area contributed by atoms with Crippen molar-refractivity contribution >= 4 is 23.2 Å². The second-order valence-corrected chi connectivity index (χ2v) is 6.56. The molecule has 0 saturated carbocycles. The molecule has 5 heteroatoms. The van der Waals surface area contributed by atoms with E-state index >= 15 is 0 Å². The first-order chi connectivity index (χ1) is 8.68. The van der Waals surface area contributed by atoms with Crippen molar-refractivity contribution in [3.05, 3.63) is 33.6 Å². The van der Waals surface area contributed by atoms with Crippen molar-refractivity contribution in [2.75, 3.05) is 20.1 Å². The summed E-state index contributed by atoms with van der Waals surface area (Å²) in [5.74, 6) is -0.445. The van der Waals surface area contributed by atoms with Gasteiger partial charge in [-0.1, -0.05) is 37.0 Å². The lowest BCUT2D eigenvalue weighted by Gasteiger charge is -2.33. The summed E-state index contributed by atoms with van der Waals surface area (Å²) in [5.41, 5.74) is 6.47. The van der Waals surface area contributed by atoms with Crippen molar-refractivity contribution in [3.63, 3.8) is 0 Å². The predicted molar refractivity (Wildman–Crippen MR) is 80.3 cm³/mol. The van der Waals surface area contributed by atoms with Gasteiger partial charge in [-0.15, -0.1) is 0 Å². The van der Waals surface area contributed by atoms with E-state index in [1.165, 1.54) is 12.1 Å². The number of nitrogens with two attached hydrogens (primary N) is 1. The van der Waals surface area contributed by atoms with Gasteiger partial charge >= 0.3 is 0 Å². The summed E-state index contributed by atoms with van der Waals surface area (Å²) in [5, 5.41) is 0.530. The monoisotopic (exact) mass is 306 g/mol. The zero-order chi connectivity index (χ0) is 14.8. The molecule has 0 heterocycles. The van der Waals surface area contributed by atoms with Crippen molar-refractivity contribution in [1.82, 2.24) is 4.90 Å². The first kappa shape index (κ1) is 16.7. The van der Waals surface area contributed by atoms with Crippen LogP contribution in [0.15, 0.2) is 12.1 Å². The minimum atomic E-state index is -0.445. The SMILES string of the molecule is CC(c1cc(F)c(Cl)cc1Cl)N(C)CC(C)(C)CN. The molecule has 108 valence electrons. The van der Waals surface area contributed by atoms with Crippen molar-refractivity contribution in [3.8, 4) is 0 Å². The molecule has 0 saturated heterocycles. The highest BCUT2D eigenvalue weighted by atomic mass is 35.5. The molecule has 0 radical (unpaired) electrons. The maximum atomic E-state index is 13.6. The van der Waals surface area contributed by atoms with E-state index < -0.39 is 5.82 Å². The first-order valence-corrected chi connectivity index (χ1v) is 6.98. The van der Waals surface area contributed by atoms with Crippen LogP contribution in [0.4, 0.5) is 4.39 Å². The zero-order valence-electron chi connectivity index (χ0n) is 11.8. The molecular formula is C14H21Cl2FN2. The molecule has 1 aromatic carbocycles. The first-order valence-electron chi connectivity index (χ1n) is 6.22. The molecule has 1 aromatic rings. The Balaban J connectivity index is 2.94. The van der Waals surface area contributed by atoms with E-state index in [1.54, 1.807) is 0 Å². The third kappa shape index (κ3) is 4.32. The van der Waals surface area contributed by atoms with Crippen LogP contribution in [0.25, 0.3) is 0 Å². The third-order valence-corrected chi connectivity index (χ3v) is 4.00. The van der Waals surface area contributed by atoms with Crippen LogP contribution < -0.4 is 5.73 Å². The lowest BCUT2D eigenvalue weighted by molar-refractivity contribution is 0.174. The Hall–Kier alpha value is -0.350. The van der Waals surface area contributed by atoms with Crippen molar-refractivity contribution in [2.45, 2.75) is 26.8 Å². The lowest BCUT2D eigenvalue weighted by atomic mass is 9.92. The molecule has 1 rings (SSSR count). The predicted octanol–water partition coefficient (Wildman–Crippen LogP) is 4.11. The Bertz CT molecular complexity index is 449. The normalized spacial score (nSPS) is 13.9. The van der Waals surface area contributed by atoms with Gasteiger partial charge in [-0.3, -0.25) is 4.90 Å². The summed E-state index contributed by atoms with van der Waals surface area (Å²) in [7, 11) is 1.98. The molecular weight excluding hydrogens is 286 g/mol. The van der Waals surface area contributed by atoms with Crippen LogP contribution in [-0.2, 0) is 0 Å². The standard InChI is InChI=1S/C14H21Cl2FN2/c1-9(19(4)8-14(2,3)7-18)10-5-13(17)12(16)6-11(10)15/h5-6,9H,7-8,18H2,1-4H3. The van der Waals surface area contributed by atoms with Gasteiger partial charge in [0.05, 0.1) is 5.02 Å². The minimum Gasteiger partial charge on any atom is -0.330 e. The number of hydrogen-bond donors (Lipinski definition) is 1. The van der Waals surface area contributed by atoms with E-state index in [0.29, 0.717) is 11.6 Å². The maximum Gasteiger partial charge on any atom is 0.142 e. The summed E-state index contributed by atoms with van der Waals surface area (Å²) >= 11 is 11.9. The van der Waals surface area contributed by atoms with Crippen molar-refractivity contribution in [2.24, 2.45) is 11.1 Å². The van der Waals surface area contributed by atoms with Gasteiger partial charge in [0, 0.05) is 17.6 Å². The van der Waals surface area contributed by atoms with Crippen LogP contribution in [-0.4, -0.2) is 25.0 Å². The minimum absolute atomic E-state index is 0.000453.